The lowest BCUT2D eigenvalue weighted by atomic mass is 10.1. The molecule has 2 N–H and O–H groups in total. The van der Waals surface area contributed by atoms with Crippen molar-refractivity contribution in [2.24, 2.45) is 5.11 Å². The van der Waals surface area contributed by atoms with Crippen LogP contribution in [0.1, 0.15) is 6.92 Å². The number of aliphatic hydroxyl groups excluding tert-OH is 2. The Bertz CT molecular complexity index is 548. The van der Waals surface area contributed by atoms with Crippen LogP contribution in [-0.4, -0.2) is 49.2 Å². The number of ether oxygens (including phenoxy) is 1. The number of azide groups is 1. The molecule has 0 amide bonds. The van der Waals surface area contributed by atoms with Gasteiger partial charge < -0.3 is 19.4 Å². The number of nitrogens with zero attached hydrogens (tertiary/aromatic N) is 3. The first kappa shape index (κ1) is 16.9. The molecule has 1 aromatic rings. The van der Waals surface area contributed by atoms with Crippen molar-refractivity contribution in [2.75, 3.05) is 0 Å². The van der Waals surface area contributed by atoms with Gasteiger partial charge in [0, 0.05) is 4.91 Å². The minimum atomic E-state index is -2.32. The van der Waals surface area contributed by atoms with Gasteiger partial charge in [-0.05, 0) is 30.7 Å². The molecule has 1 fully saturated rings. The predicted molar refractivity (Wildman–Crippen MR) is 83.9 cm³/mol. The standard InChI is InChI=1S/C14H21N3O4Si/c1-9(18)12-13(11(16-17-15)14(19)20-12)21-22(2,3)10-7-5-4-6-8-10/h4-9,11-14,18-19H,1-3H3/t9-,11+,12+,13-,14?/m0/s1. The normalized spacial score (nSPS) is 29.9. The fourth-order valence-corrected chi connectivity index (χ4v) is 4.72. The Kier molecular flexibility index (Phi) is 5.22. The van der Waals surface area contributed by atoms with E-state index in [-0.39, 0.29) is 0 Å². The topological polar surface area (TPSA) is 108 Å². The van der Waals surface area contributed by atoms with Gasteiger partial charge in [-0.1, -0.05) is 35.4 Å². The molecule has 120 valence electrons. The van der Waals surface area contributed by atoms with Gasteiger partial charge in [0.05, 0.1) is 12.2 Å². The highest BCUT2D eigenvalue weighted by Crippen LogP contribution is 2.30. The summed E-state index contributed by atoms with van der Waals surface area (Å²) in [6, 6.07) is 8.89. The molecule has 0 saturated carbocycles. The van der Waals surface area contributed by atoms with Gasteiger partial charge in [0.1, 0.15) is 12.1 Å². The van der Waals surface area contributed by atoms with Gasteiger partial charge >= 0.3 is 0 Å². The minimum absolute atomic E-state index is 0.687. The summed E-state index contributed by atoms with van der Waals surface area (Å²) in [5.41, 5.74) is 8.69. The van der Waals surface area contributed by atoms with Crippen LogP contribution in [0, 0.1) is 0 Å². The molecule has 0 radical (unpaired) electrons. The zero-order valence-corrected chi connectivity index (χ0v) is 13.8. The first-order valence-corrected chi connectivity index (χ1v) is 10.1. The molecule has 1 saturated heterocycles. The first-order valence-electron chi connectivity index (χ1n) is 7.16. The van der Waals surface area contributed by atoms with Crippen LogP contribution in [-0.2, 0) is 9.16 Å². The van der Waals surface area contributed by atoms with E-state index in [2.05, 4.69) is 10.0 Å². The summed E-state index contributed by atoms with van der Waals surface area (Å²) in [5.74, 6) is 0. The van der Waals surface area contributed by atoms with E-state index in [1.165, 1.54) is 0 Å². The van der Waals surface area contributed by atoms with Crippen molar-refractivity contribution in [3.05, 3.63) is 40.8 Å². The average molecular weight is 323 g/mol. The lowest BCUT2D eigenvalue weighted by molar-refractivity contribution is -0.126. The highest BCUT2D eigenvalue weighted by atomic mass is 28.4. The van der Waals surface area contributed by atoms with Crippen LogP contribution < -0.4 is 5.19 Å². The predicted octanol–water partition coefficient (Wildman–Crippen LogP) is 1.26. The Balaban J connectivity index is 2.28. The van der Waals surface area contributed by atoms with E-state index in [0.29, 0.717) is 0 Å². The molecule has 5 atom stereocenters. The molecular formula is C14H21N3O4Si. The molecule has 22 heavy (non-hydrogen) atoms. The maximum atomic E-state index is 9.91. The Hall–Kier alpha value is -1.41. The van der Waals surface area contributed by atoms with Gasteiger partial charge in [0.15, 0.2) is 6.29 Å². The van der Waals surface area contributed by atoms with E-state index in [1.54, 1.807) is 6.92 Å². The summed E-state index contributed by atoms with van der Waals surface area (Å²) in [6.45, 7) is 5.59. The number of hydrogen-bond acceptors (Lipinski definition) is 5. The molecular weight excluding hydrogens is 302 g/mol. The third-order valence-corrected chi connectivity index (χ3v) is 6.39. The Morgan fingerprint density at radius 1 is 1.36 bits per heavy atom. The van der Waals surface area contributed by atoms with Crippen molar-refractivity contribution in [1.29, 1.82) is 0 Å². The first-order chi connectivity index (χ1) is 10.4. The van der Waals surface area contributed by atoms with Crippen LogP contribution in [0.2, 0.25) is 13.1 Å². The highest BCUT2D eigenvalue weighted by molar-refractivity contribution is 6.84. The van der Waals surface area contributed by atoms with E-state index in [4.69, 9.17) is 14.7 Å². The molecule has 2 rings (SSSR count). The molecule has 0 aliphatic carbocycles. The van der Waals surface area contributed by atoms with Crippen molar-refractivity contribution in [2.45, 2.75) is 50.7 Å². The van der Waals surface area contributed by atoms with Gasteiger partial charge in [0.2, 0.25) is 8.32 Å². The minimum Gasteiger partial charge on any atom is -0.407 e. The zero-order chi connectivity index (χ0) is 16.3. The maximum absolute atomic E-state index is 9.91. The summed E-state index contributed by atoms with van der Waals surface area (Å²) in [7, 11) is -2.32. The quantitative estimate of drug-likeness (QED) is 0.368. The van der Waals surface area contributed by atoms with Gasteiger partial charge in [-0.15, -0.1) is 0 Å². The molecule has 1 aliphatic heterocycles. The van der Waals surface area contributed by atoms with Crippen molar-refractivity contribution in [1.82, 2.24) is 0 Å². The second kappa shape index (κ2) is 6.78. The fraction of sp³-hybridized carbons (Fsp3) is 0.571. The van der Waals surface area contributed by atoms with Gasteiger partial charge in [-0.2, -0.15) is 0 Å². The summed E-state index contributed by atoms with van der Waals surface area (Å²) in [4.78, 5) is 2.75. The number of rotatable bonds is 5. The van der Waals surface area contributed by atoms with Crippen molar-refractivity contribution in [3.63, 3.8) is 0 Å². The molecule has 0 bridgehead atoms. The Labute approximate surface area is 130 Å². The number of aliphatic hydroxyl groups is 2. The SMILES string of the molecule is C[C@H](O)[C@H]1OC(O)[C@H](N=[N+]=[N-])[C@@H]1O[Si](C)(C)c1ccccc1. The van der Waals surface area contributed by atoms with Gasteiger partial charge in [-0.3, -0.25) is 0 Å². The van der Waals surface area contributed by atoms with E-state index in [9.17, 15) is 10.2 Å². The van der Waals surface area contributed by atoms with E-state index >= 15 is 0 Å². The van der Waals surface area contributed by atoms with Crippen LogP contribution in [0.15, 0.2) is 35.4 Å². The highest BCUT2D eigenvalue weighted by Gasteiger charge is 2.48. The molecule has 1 aromatic carbocycles. The maximum Gasteiger partial charge on any atom is 0.218 e. The number of benzene rings is 1. The Morgan fingerprint density at radius 3 is 2.55 bits per heavy atom. The lowest BCUT2D eigenvalue weighted by Gasteiger charge is -2.32. The lowest BCUT2D eigenvalue weighted by Crippen LogP contribution is -2.52. The van der Waals surface area contributed by atoms with Gasteiger partial charge in [-0.25, -0.2) is 0 Å². The van der Waals surface area contributed by atoms with E-state index < -0.39 is 39.0 Å². The summed E-state index contributed by atoms with van der Waals surface area (Å²) < 4.78 is 11.5. The largest absolute Gasteiger partial charge is 0.407 e. The van der Waals surface area contributed by atoms with Gasteiger partial charge in [0.25, 0.3) is 0 Å². The molecule has 1 unspecified atom stereocenters. The second-order valence-electron chi connectivity index (χ2n) is 5.89. The van der Waals surface area contributed by atoms with Crippen LogP contribution in [0.3, 0.4) is 0 Å². The van der Waals surface area contributed by atoms with Crippen LogP contribution in [0.5, 0.6) is 0 Å². The van der Waals surface area contributed by atoms with Crippen LogP contribution in [0.4, 0.5) is 0 Å². The molecule has 0 spiro atoms. The van der Waals surface area contributed by atoms with Crippen LogP contribution >= 0.6 is 0 Å². The monoisotopic (exact) mass is 323 g/mol. The third kappa shape index (κ3) is 3.49. The van der Waals surface area contributed by atoms with Crippen LogP contribution in [0.25, 0.3) is 10.4 Å². The Morgan fingerprint density at radius 2 is 2.00 bits per heavy atom. The second-order valence-corrected chi connectivity index (χ2v) is 9.72. The molecule has 7 nitrogen and oxygen atoms in total. The smallest absolute Gasteiger partial charge is 0.218 e. The molecule has 8 heteroatoms. The average Bonchev–Trinajstić information content (AvgIpc) is 2.77. The van der Waals surface area contributed by atoms with E-state index in [0.717, 1.165) is 5.19 Å². The summed E-state index contributed by atoms with van der Waals surface area (Å²) >= 11 is 0. The van der Waals surface area contributed by atoms with Crippen molar-refractivity contribution >= 4 is 13.5 Å². The number of hydrogen-bond donors (Lipinski definition) is 2. The molecule has 1 heterocycles. The summed E-state index contributed by atoms with van der Waals surface area (Å²) in [6.07, 6.45) is -3.55. The zero-order valence-electron chi connectivity index (χ0n) is 12.8. The van der Waals surface area contributed by atoms with Crippen molar-refractivity contribution < 1.29 is 19.4 Å². The van der Waals surface area contributed by atoms with Crippen molar-refractivity contribution in [3.8, 4) is 0 Å². The fourth-order valence-electron chi connectivity index (χ4n) is 2.63. The third-order valence-electron chi connectivity index (χ3n) is 3.81. The summed E-state index contributed by atoms with van der Waals surface area (Å²) in [5, 5.41) is 24.4. The molecule has 0 aromatic heterocycles. The molecule has 1 aliphatic rings. The van der Waals surface area contributed by atoms with E-state index in [1.807, 2.05) is 43.4 Å².